The fourth-order valence-electron chi connectivity index (χ4n) is 2.04. The lowest BCUT2D eigenvalue weighted by molar-refractivity contribution is -0.123. The lowest BCUT2D eigenvalue weighted by Crippen LogP contribution is -2.30. The minimum atomic E-state index is -2.96. The SMILES string of the molecule is COc1ccc(NC(=O)[C@@H](C)OC(=O)c2ccc(OC(F)F)cc2)cc1Cl. The van der Waals surface area contributed by atoms with Gasteiger partial charge in [-0.05, 0) is 49.4 Å². The summed E-state index contributed by atoms with van der Waals surface area (Å²) in [7, 11) is 1.47. The molecule has 0 saturated heterocycles. The maximum atomic E-state index is 12.2. The molecule has 0 aromatic heterocycles. The van der Waals surface area contributed by atoms with Gasteiger partial charge in [0.15, 0.2) is 6.10 Å². The van der Waals surface area contributed by atoms with Gasteiger partial charge in [-0.3, -0.25) is 4.79 Å². The van der Waals surface area contributed by atoms with Crippen molar-refractivity contribution in [3.05, 3.63) is 53.1 Å². The normalized spacial score (nSPS) is 11.6. The number of hydrogen-bond acceptors (Lipinski definition) is 5. The smallest absolute Gasteiger partial charge is 0.387 e. The zero-order chi connectivity index (χ0) is 20.0. The second kappa shape index (κ2) is 9.18. The van der Waals surface area contributed by atoms with Crippen molar-refractivity contribution in [2.75, 3.05) is 12.4 Å². The van der Waals surface area contributed by atoms with Gasteiger partial charge in [0, 0.05) is 5.69 Å². The van der Waals surface area contributed by atoms with E-state index >= 15 is 0 Å². The minimum absolute atomic E-state index is 0.0868. The highest BCUT2D eigenvalue weighted by atomic mass is 35.5. The molecule has 0 aliphatic heterocycles. The molecule has 0 spiro atoms. The Kier molecular flexibility index (Phi) is 6.95. The topological polar surface area (TPSA) is 73.9 Å². The largest absolute Gasteiger partial charge is 0.495 e. The van der Waals surface area contributed by atoms with Gasteiger partial charge in [-0.1, -0.05) is 11.6 Å². The number of anilines is 1. The number of alkyl halides is 2. The van der Waals surface area contributed by atoms with Crippen molar-refractivity contribution in [3.63, 3.8) is 0 Å². The van der Waals surface area contributed by atoms with Crippen LogP contribution in [0.5, 0.6) is 11.5 Å². The van der Waals surface area contributed by atoms with Crippen LogP contribution in [0.2, 0.25) is 5.02 Å². The molecule has 0 heterocycles. The van der Waals surface area contributed by atoms with Crippen LogP contribution in [0.1, 0.15) is 17.3 Å². The Morgan fingerprint density at radius 3 is 2.33 bits per heavy atom. The van der Waals surface area contributed by atoms with E-state index in [1.807, 2.05) is 0 Å². The van der Waals surface area contributed by atoms with E-state index in [4.69, 9.17) is 21.1 Å². The van der Waals surface area contributed by atoms with Crippen LogP contribution < -0.4 is 14.8 Å². The van der Waals surface area contributed by atoms with Crippen molar-refractivity contribution in [2.24, 2.45) is 0 Å². The van der Waals surface area contributed by atoms with E-state index in [-0.39, 0.29) is 11.3 Å². The summed E-state index contributed by atoms with van der Waals surface area (Å²) >= 11 is 5.98. The Morgan fingerprint density at radius 2 is 1.78 bits per heavy atom. The van der Waals surface area contributed by atoms with E-state index in [0.717, 1.165) is 0 Å². The lowest BCUT2D eigenvalue weighted by Gasteiger charge is -2.14. The monoisotopic (exact) mass is 399 g/mol. The molecule has 9 heteroatoms. The number of methoxy groups -OCH3 is 1. The molecular weight excluding hydrogens is 384 g/mol. The van der Waals surface area contributed by atoms with Crippen LogP contribution in [0.25, 0.3) is 0 Å². The van der Waals surface area contributed by atoms with Crippen LogP contribution in [0.4, 0.5) is 14.5 Å². The van der Waals surface area contributed by atoms with Crippen LogP contribution in [0, 0.1) is 0 Å². The Bertz CT molecular complexity index is 814. The number of halogens is 3. The van der Waals surface area contributed by atoms with Gasteiger partial charge >= 0.3 is 12.6 Å². The molecule has 0 bridgehead atoms. The molecule has 0 unspecified atom stereocenters. The van der Waals surface area contributed by atoms with Crippen LogP contribution in [0.15, 0.2) is 42.5 Å². The summed E-state index contributed by atoms with van der Waals surface area (Å²) in [5, 5.41) is 2.87. The number of ether oxygens (including phenoxy) is 3. The zero-order valence-corrected chi connectivity index (χ0v) is 15.1. The van der Waals surface area contributed by atoms with Crippen molar-refractivity contribution in [3.8, 4) is 11.5 Å². The van der Waals surface area contributed by atoms with Crippen LogP contribution in [-0.4, -0.2) is 31.7 Å². The Labute approximate surface area is 159 Å². The van der Waals surface area contributed by atoms with Gasteiger partial charge in [-0.2, -0.15) is 8.78 Å². The maximum absolute atomic E-state index is 12.2. The summed E-state index contributed by atoms with van der Waals surface area (Å²) in [6.45, 7) is -1.56. The predicted octanol–water partition coefficient (Wildman–Crippen LogP) is 4.13. The molecule has 1 N–H and O–H groups in total. The van der Waals surface area contributed by atoms with E-state index in [2.05, 4.69) is 10.1 Å². The molecule has 2 rings (SSSR count). The molecule has 0 radical (unpaired) electrons. The zero-order valence-electron chi connectivity index (χ0n) is 14.4. The predicted molar refractivity (Wildman–Crippen MR) is 94.6 cm³/mol. The molecule has 1 amide bonds. The highest BCUT2D eigenvalue weighted by molar-refractivity contribution is 6.32. The number of esters is 1. The second-order valence-electron chi connectivity index (χ2n) is 5.29. The third kappa shape index (κ3) is 5.82. The van der Waals surface area contributed by atoms with Crippen molar-refractivity contribution < 1.29 is 32.6 Å². The molecule has 1 atom stereocenters. The van der Waals surface area contributed by atoms with Gasteiger partial charge in [-0.25, -0.2) is 4.79 Å². The average molecular weight is 400 g/mol. The molecule has 0 saturated carbocycles. The molecule has 0 aliphatic rings. The molecule has 2 aromatic carbocycles. The molecule has 6 nitrogen and oxygen atoms in total. The molecule has 0 fully saturated rings. The highest BCUT2D eigenvalue weighted by Crippen LogP contribution is 2.27. The fraction of sp³-hybridized carbons (Fsp3) is 0.222. The number of hydrogen-bond donors (Lipinski definition) is 1. The van der Waals surface area contributed by atoms with Crippen molar-refractivity contribution in [2.45, 2.75) is 19.6 Å². The molecule has 27 heavy (non-hydrogen) atoms. The van der Waals surface area contributed by atoms with Gasteiger partial charge in [-0.15, -0.1) is 0 Å². The van der Waals surface area contributed by atoms with Crippen LogP contribution in [-0.2, 0) is 9.53 Å². The standard InChI is InChI=1S/C18H16ClF2NO5/c1-10(16(23)22-12-5-8-15(25-2)14(19)9-12)26-17(24)11-3-6-13(7-4-11)27-18(20)21/h3-10,18H,1-2H3,(H,22,23)/t10-/m1/s1. The number of amides is 1. The number of carbonyl (C=O) groups is 2. The Hall–Kier alpha value is -2.87. The average Bonchev–Trinajstić information content (AvgIpc) is 2.61. The minimum Gasteiger partial charge on any atom is -0.495 e. The molecular formula is C18H16ClF2NO5. The van der Waals surface area contributed by atoms with Gasteiger partial charge in [0.25, 0.3) is 5.91 Å². The first-order valence-corrected chi connectivity index (χ1v) is 8.08. The van der Waals surface area contributed by atoms with Gasteiger partial charge in [0.05, 0.1) is 17.7 Å². The van der Waals surface area contributed by atoms with E-state index in [1.165, 1.54) is 44.4 Å². The van der Waals surface area contributed by atoms with E-state index in [9.17, 15) is 18.4 Å². The number of rotatable bonds is 7. The molecule has 2 aromatic rings. The van der Waals surface area contributed by atoms with E-state index < -0.39 is 24.6 Å². The van der Waals surface area contributed by atoms with Crippen LogP contribution in [0.3, 0.4) is 0 Å². The number of benzene rings is 2. The first-order chi connectivity index (χ1) is 12.8. The number of carbonyl (C=O) groups excluding carboxylic acids is 2. The summed E-state index contributed by atoms with van der Waals surface area (Å²) in [4.78, 5) is 24.2. The highest BCUT2D eigenvalue weighted by Gasteiger charge is 2.19. The summed E-state index contributed by atoms with van der Waals surface area (Å²) < 4.78 is 38.5. The van der Waals surface area contributed by atoms with Crippen LogP contribution >= 0.6 is 11.6 Å². The summed E-state index contributed by atoms with van der Waals surface area (Å²) in [5.74, 6) is -0.992. The van der Waals surface area contributed by atoms with Crippen molar-refractivity contribution in [1.29, 1.82) is 0 Å². The summed E-state index contributed by atoms with van der Waals surface area (Å²) in [6.07, 6.45) is -1.10. The van der Waals surface area contributed by atoms with Crippen molar-refractivity contribution in [1.82, 2.24) is 0 Å². The van der Waals surface area contributed by atoms with E-state index in [1.54, 1.807) is 12.1 Å². The summed E-state index contributed by atoms with van der Waals surface area (Å²) in [6, 6.07) is 9.58. The molecule has 0 aliphatic carbocycles. The van der Waals surface area contributed by atoms with Gasteiger partial charge in [0.2, 0.25) is 0 Å². The van der Waals surface area contributed by atoms with Gasteiger partial charge < -0.3 is 19.5 Å². The third-order valence-electron chi connectivity index (χ3n) is 3.39. The Morgan fingerprint density at radius 1 is 1.11 bits per heavy atom. The quantitative estimate of drug-likeness (QED) is 0.708. The lowest BCUT2D eigenvalue weighted by atomic mass is 10.2. The maximum Gasteiger partial charge on any atom is 0.387 e. The van der Waals surface area contributed by atoms with Crippen molar-refractivity contribution >= 4 is 29.2 Å². The third-order valence-corrected chi connectivity index (χ3v) is 3.68. The first-order valence-electron chi connectivity index (χ1n) is 7.70. The fourth-order valence-corrected chi connectivity index (χ4v) is 2.30. The first kappa shape index (κ1) is 20.4. The molecule has 144 valence electrons. The summed E-state index contributed by atoms with van der Waals surface area (Å²) in [5.41, 5.74) is 0.492. The number of nitrogens with one attached hydrogen (secondary N) is 1. The van der Waals surface area contributed by atoms with Gasteiger partial charge in [0.1, 0.15) is 11.5 Å². The second-order valence-corrected chi connectivity index (χ2v) is 5.70. The van der Waals surface area contributed by atoms with E-state index in [0.29, 0.717) is 16.5 Å². The Balaban J connectivity index is 1.95.